The predicted octanol–water partition coefficient (Wildman–Crippen LogP) is 6.01. The fraction of sp³-hybridized carbons (Fsp3) is 0.0952. The number of halogens is 1. The Bertz CT molecular complexity index is 863. The molecule has 0 radical (unpaired) electrons. The highest BCUT2D eigenvalue weighted by Gasteiger charge is 2.14. The van der Waals surface area contributed by atoms with E-state index in [0.717, 1.165) is 34.6 Å². The minimum Gasteiger partial charge on any atom is -0.247 e. The highest BCUT2D eigenvalue weighted by Crippen LogP contribution is 2.32. The van der Waals surface area contributed by atoms with E-state index in [9.17, 15) is 0 Å². The van der Waals surface area contributed by atoms with Crippen molar-refractivity contribution in [3.8, 4) is 11.3 Å². The maximum Gasteiger partial charge on any atom is 0.0747 e. The van der Waals surface area contributed by atoms with Crippen molar-refractivity contribution in [2.75, 3.05) is 0 Å². The molecule has 0 aliphatic carbocycles. The van der Waals surface area contributed by atoms with Crippen molar-refractivity contribution in [2.45, 2.75) is 12.8 Å². The third-order valence-electron chi connectivity index (χ3n) is 3.93. The summed E-state index contributed by atoms with van der Waals surface area (Å²) in [5.41, 5.74) is 5.55. The first-order valence-electron chi connectivity index (χ1n) is 7.63. The van der Waals surface area contributed by atoms with Crippen molar-refractivity contribution in [3.05, 3.63) is 90.0 Å². The molecule has 3 aromatic rings. The van der Waals surface area contributed by atoms with Crippen LogP contribution >= 0.6 is 11.6 Å². The molecular weight excluding hydrogens is 302 g/mol. The maximum atomic E-state index is 6.03. The number of allylic oxidation sites excluding steroid dienone is 2. The fourth-order valence-corrected chi connectivity index (χ4v) is 3.03. The molecule has 23 heavy (non-hydrogen) atoms. The number of fused-ring (bicyclic) bond motifs is 1. The lowest BCUT2D eigenvalue weighted by Gasteiger charge is -2.16. The molecule has 0 unspecified atom stereocenters. The second kappa shape index (κ2) is 6.80. The third-order valence-corrected chi connectivity index (χ3v) is 4.18. The maximum absolute atomic E-state index is 6.03. The predicted molar refractivity (Wildman–Crippen MR) is 100.0 cm³/mol. The minimum atomic E-state index is 0.728. The molecule has 0 bridgehead atoms. The van der Waals surface area contributed by atoms with Crippen molar-refractivity contribution >= 4 is 22.5 Å². The summed E-state index contributed by atoms with van der Waals surface area (Å²) in [5.74, 6) is 0. The van der Waals surface area contributed by atoms with Gasteiger partial charge in [-0.15, -0.1) is 13.2 Å². The lowest BCUT2D eigenvalue weighted by Crippen LogP contribution is -2.01. The van der Waals surface area contributed by atoms with E-state index in [1.807, 2.05) is 42.5 Å². The van der Waals surface area contributed by atoms with E-state index >= 15 is 0 Å². The number of pyridine rings is 1. The van der Waals surface area contributed by atoms with Gasteiger partial charge in [-0.25, -0.2) is 4.98 Å². The molecular formula is C21H18ClN. The molecule has 0 spiro atoms. The zero-order chi connectivity index (χ0) is 16.2. The van der Waals surface area contributed by atoms with E-state index in [0.29, 0.717) is 0 Å². The third kappa shape index (κ3) is 3.06. The van der Waals surface area contributed by atoms with Crippen molar-refractivity contribution in [1.29, 1.82) is 0 Å². The summed E-state index contributed by atoms with van der Waals surface area (Å²) in [4.78, 5) is 4.91. The molecule has 1 nitrogen and oxygen atoms in total. The molecule has 3 rings (SSSR count). The van der Waals surface area contributed by atoms with Crippen LogP contribution in [0.25, 0.3) is 22.2 Å². The van der Waals surface area contributed by atoms with Gasteiger partial charge in [-0.3, -0.25) is 0 Å². The van der Waals surface area contributed by atoms with Gasteiger partial charge in [0, 0.05) is 16.0 Å². The van der Waals surface area contributed by atoms with Crippen LogP contribution in [-0.2, 0) is 12.8 Å². The van der Waals surface area contributed by atoms with Crippen molar-refractivity contribution in [2.24, 2.45) is 0 Å². The summed E-state index contributed by atoms with van der Waals surface area (Å²) < 4.78 is 0. The molecule has 0 aliphatic rings. The van der Waals surface area contributed by atoms with Crippen LogP contribution in [0.5, 0.6) is 0 Å². The summed E-state index contributed by atoms with van der Waals surface area (Å²) in [6.45, 7) is 7.83. The van der Waals surface area contributed by atoms with Crippen molar-refractivity contribution in [3.63, 3.8) is 0 Å². The summed E-state index contributed by atoms with van der Waals surface area (Å²) in [6.07, 6.45) is 5.46. The first-order chi connectivity index (χ1) is 11.2. The van der Waals surface area contributed by atoms with Gasteiger partial charge in [0.15, 0.2) is 0 Å². The molecule has 114 valence electrons. The van der Waals surface area contributed by atoms with E-state index in [2.05, 4.69) is 31.4 Å². The fourth-order valence-electron chi connectivity index (χ4n) is 2.91. The number of benzene rings is 2. The van der Waals surface area contributed by atoms with Gasteiger partial charge < -0.3 is 0 Å². The monoisotopic (exact) mass is 319 g/mol. The van der Waals surface area contributed by atoms with Gasteiger partial charge in [0.1, 0.15) is 0 Å². The lowest BCUT2D eigenvalue weighted by molar-refractivity contribution is 1.14. The molecule has 2 heteroatoms. The molecule has 0 N–H and O–H groups in total. The summed E-state index contributed by atoms with van der Waals surface area (Å²) in [6, 6.07) is 16.1. The van der Waals surface area contributed by atoms with Crippen LogP contribution < -0.4 is 0 Å². The Labute approximate surface area is 142 Å². The largest absolute Gasteiger partial charge is 0.247 e. The van der Waals surface area contributed by atoms with E-state index in [4.69, 9.17) is 16.6 Å². The highest BCUT2D eigenvalue weighted by molar-refractivity contribution is 6.30. The Balaban J connectivity index is 2.34. The van der Waals surface area contributed by atoms with Crippen LogP contribution in [0.4, 0.5) is 0 Å². The lowest BCUT2D eigenvalue weighted by atomic mass is 9.93. The summed E-state index contributed by atoms with van der Waals surface area (Å²) in [7, 11) is 0. The Morgan fingerprint density at radius 3 is 2.22 bits per heavy atom. The van der Waals surface area contributed by atoms with Crippen LogP contribution in [0.15, 0.2) is 73.8 Å². The molecule has 0 aliphatic heterocycles. The normalized spacial score (nSPS) is 10.7. The minimum absolute atomic E-state index is 0.728. The van der Waals surface area contributed by atoms with E-state index < -0.39 is 0 Å². The zero-order valence-electron chi connectivity index (χ0n) is 12.9. The van der Waals surface area contributed by atoms with Gasteiger partial charge in [-0.05, 0) is 42.2 Å². The number of para-hydroxylation sites is 1. The molecule has 0 saturated heterocycles. The van der Waals surface area contributed by atoms with Crippen molar-refractivity contribution < 1.29 is 0 Å². The van der Waals surface area contributed by atoms with Gasteiger partial charge in [0.05, 0.1) is 11.2 Å². The average Bonchev–Trinajstić information content (AvgIpc) is 2.58. The van der Waals surface area contributed by atoms with Crippen LogP contribution in [0.1, 0.15) is 11.1 Å². The second-order valence-electron chi connectivity index (χ2n) is 5.43. The quantitative estimate of drug-likeness (QED) is 0.524. The number of hydrogen-bond donors (Lipinski definition) is 0. The van der Waals surface area contributed by atoms with Gasteiger partial charge in [-0.2, -0.15) is 0 Å². The van der Waals surface area contributed by atoms with Crippen molar-refractivity contribution in [1.82, 2.24) is 4.98 Å². The smallest absolute Gasteiger partial charge is 0.0747 e. The van der Waals surface area contributed by atoms with Gasteiger partial charge >= 0.3 is 0 Å². The zero-order valence-corrected chi connectivity index (χ0v) is 13.7. The first kappa shape index (κ1) is 15.5. The Morgan fingerprint density at radius 2 is 1.52 bits per heavy atom. The molecule has 1 heterocycles. The molecule has 1 aromatic heterocycles. The van der Waals surface area contributed by atoms with Crippen LogP contribution in [0, 0.1) is 0 Å². The molecule has 0 amide bonds. The SMILES string of the molecule is C=CCc1c(-c2ccc(Cl)cc2)nc2ccccc2c1CC=C. The van der Waals surface area contributed by atoms with Crippen LogP contribution in [0.3, 0.4) is 0 Å². The van der Waals surface area contributed by atoms with Crippen LogP contribution in [-0.4, -0.2) is 4.98 Å². The molecule has 0 fully saturated rings. The molecule has 0 saturated carbocycles. The average molecular weight is 320 g/mol. The number of rotatable bonds is 5. The van der Waals surface area contributed by atoms with E-state index in [1.165, 1.54) is 16.5 Å². The Morgan fingerprint density at radius 1 is 0.870 bits per heavy atom. The summed E-state index contributed by atoms with van der Waals surface area (Å²) >= 11 is 6.03. The highest BCUT2D eigenvalue weighted by atomic mass is 35.5. The van der Waals surface area contributed by atoms with Gasteiger partial charge in [0.25, 0.3) is 0 Å². The second-order valence-corrected chi connectivity index (χ2v) is 5.86. The standard InChI is InChI=1S/C21H18ClN/c1-3-7-17-18-9-5-6-10-20(18)23-21(19(17)8-4-2)15-11-13-16(22)14-12-15/h3-6,9-14H,1-2,7-8H2. The first-order valence-corrected chi connectivity index (χ1v) is 8.00. The number of nitrogens with zero attached hydrogens (tertiary/aromatic N) is 1. The topological polar surface area (TPSA) is 12.9 Å². The Kier molecular flexibility index (Phi) is 4.59. The van der Waals surface area contributed by atoms with E-state index in [1.54, 1.807) is 0 Å². The van der Waals surface area contributed by atoms with Gasteiger partial charge in [0.2, 0.25) is 0 Å². The number of hydrogen-bond acceptors (Lipinski definition) is 1. The summed E-state index contributed by atoms with van der Waals surface area (Å²) in [5, 5.41) is 1.91. The van der Waals surface area contributed by atoms with Gasteiger partial charge in [-0.1, -0.05) is 54.1 Å². The molecule has 0 atom stereocenters. The van der Waals surface area contributed by atoms with Crippen LogP contribution in [0.2, 0.25) is 5.02 Å². The Hall–Kier alpha value is -2.38. The molecule has 2 aromatic carbocycles. The van der Waals surface area contributed by atoms with E-state index in [-0.39, 0.29) is 0 Å². The number of aromatic nitrogens is 1.